The first kappa shape index (κ1) is 6.98. The van der Waals surface area contributed by atoms with E-state index in [0.29, 0.717) is 5.37 Å². The maximum Gasteiger partial charge on any atom is 0.140 e. The zero-order valence-electron chi connectivity index (χ0n) is 6.59. The first-order valence-corrected chi connectivity index (χ1v) is 4.53. The molecule has 1 aromatic heterocycles. The van der Waals surface area contributed by atoms with E-state index in [4.69, 9.17) is 0 Å². The Morgan fingerprint density at radius 1 is 1.64 bits per heavy atom. The Bertz CT molecular complexity index is 285. The normalized spacial score (nSPS) is 21.1. The van der Waals surface area contributed by atoms with E-state index in [-0.39, 0.29) is 0 Å². The fraction of sp³-hybridized carbons (Fsp3) is 0.375. The molecule has 0 fully saturated rings. The molecule has 1 aliphatic rings. The smallest absolute Gasteiger partial charge is 0.140 e. The van der Waals surface area contributed by atoms with E-state index in [9.17, 15) is 0 Å². The zero-order chi connectivity index (χ0) is 7.84. The molecule has 0 spiro atoms. The average molecular weight is 166 g/mol. The monoisotopic (exact) mass is 166 g/mol. The molecule has 2 heterocycles. The Morgan fingerprint density at radius 2 is 2.45 bits per heavy atom. The summed E-state index contributed by atoms with van der Waals surface area (Å²) in [7, 11) is 0. The lowest BCUT2D eigenvalue weighted by Gasteiger charge is -1.98. The minimum Gasteiger partial charge on any atom is -0.357 e. The second-order valence-corrected chi connectivity index (χ2v) is 4.15. The molecule has 1 aromatic rings. The van der Waals surface area contributed by atoms with E-state index in [1.807, 2.05) is 18.0 Å². The number of aryl methyl sites for hydroxylation is 1. The van der Waals surface area contributed by atoms with Crippen LogP contribution in [0.15, 0.2) is 17.2 Å². The lowest BCUT2D eigenvalue weighted by molar-refractivity contribution is 1.10. The summed E-state index contributed by atoms with van der Waals surface area (Å²) < 4.78 is 0. The molecule has 1 aliphatic heterocycles. The van der Waals surface area contributed by atoms with Gasteiger partial charge in [-0.1, -0.05) is 11.8 Å². The summed E-state index contributed by atoms with van der Waals surface area (Å²) in [4.78, 5) is 5.55. The highest BCUT2D eigenvalue weighted by Gasteiger charge is 2.17. The molecule has 0 aromatic carbocycles. The van der Waals surface area contributed by atoms with Crippen LogP contribution < -0.4 is 5.32 Å². The van der Waals surface area contributed by atoms with Crippen molar-refractivity contribution < 1.29 is 0 Å². The van der Waals surface area contributed by atoms with Crippen LogP contribution in [0.5, 0.6) is 0 Å². The van der Waals surface area contributed by atoms with E-state index in [1.165, 1.54) is 10.5 Å². The lowest BCUT2D eigenvalue weighted by Crippen LogP contribution is -2.03. The lowest BCUT2D eigenvalue weighted by atomic mass is 10.3. The van der Waals surface area contributed by atoms with Gasteiger partial charge >= 0.3 is 0 Å². The van der Waals surface area contributed by atoms with Crippen molar-refractivity contribution in [3.8, 4) is 0 Å². The average Bonchev–Trinajstić information content (AvgIpc) is 2.27. The van der Waals surface area contributed by atoms with E-state index in [2.05, 4.69) is 30.2 Å². The zero-order valence-corrected chi connectivity index (χ0v) is 7.40. The molecule has 1 unspecified atom stereocenters. The highest BCUT2D eigenvalue weighted by molar-refractivity contribution is 8.00. The van der Waals surface area contributed by atoms with Gasteiger partial charge in [-0.15, -0.1) is 0 Å². The molecule has 0 saturated heterocycles. The molecule has 11 heavy (non-hydrogen) atoms. The quantitative estimate of drug-likeness (QED) is 0.640. The summed E-state index contributed by atoms with van der Waals surface area (Å²) >= 11 is 1.83. The summed E-state index contributed by atoms with van der Waals surface area (Å²) in [6.07, 6.45) is 1.89. The van der Waals surface area contributed by atoms with Crippen LogP contribution in [0.4, 0.5) is 5.82 Å². The summed E-state index contributed by atoms with van der Waals surface area (Å²) in [6, 6.07) is 2.17. The van der Waals surface area contributed by atoms with Crippen molar-refractivity contribution in [1.29, 1.82) is 0 Å². The summed E-state index contributed by atoms with van der Waals surface area (Å²) in [5, 5.41) is 3.75. The SMILES string of the molecule is Cc1cnc2c(c1)SC(C)N2. The van der Waals surface area contributed by atoms with E-state index in [0.717, 1.165) is 5.82 Å². The molecular weight excluding hydrogens is 156 g/mol. The molecule has 0 amide bonds. The minimum atomic E-state index is 0.472. The van der Waals surface area contributed by atoms with E-state index < -0.39 is 0 Å². The predicted molar refractivity (Wildman–Crippen MR) is 47.9 cm³/mol. The van der Waals surface area contributed by atoms with Crippen LogP contribution in [-0.2, 0) is 0 Å². The molecule has 0 bridgehead atoms. The van der Waals surface area contributed by atoms with Gasteiger partial charge in [0.1, 0.15) is 5.82 Å². The number of pyridine rings is 1. The van der Waals surface area contributed by atoms with Crippen LogP contribution in [0.1, 0.15) is 12.5 Å². The standard InChI is InChI=1S/C8H10N2S/c1-5-3-7-8(9-4-5)10-6(2)11-7/h3-4,6H,1-2H3,(H,9,10). The second kappa shape index (κ2) is 2.41. The number of aromatic nitrogens is 1. The van der Waals surface area contributed by atoms with E-state index in [1.54, 1.807) is 0 Å². The third-order valence-corrected chi connectivity index (χ3v) is 2.67. The van der Waals surface area contributed by atoms with Gasteiger partial charge in [0.25, 0.3) is 0 Å². The van der Waals surface area contributed by atoms with Gasteiger partial charge in [-0.2, -0.15) is 0 Å². The Hall–Kier alpha value is -0.700. The van der Waals surface area contributed by atoms with Crippen molar-refractivity contribution in [3.05, 3.63) is 17.8 Å². The topological polar surface area (TPSA) is 24.9 Å². The second-order valence-electron chi connectivity index (χ2n) is 2.76. The molecule has 2 nitrogen and oxygen atoms in total. The first-order valence-electron chi connectivity index (χ1n) is 3.65. The number of rotatable bonds is 0. The van der Waals surface area contributed by atoms with Gasteiger partial charge in [-0.25, -0.2) is 4.98 Å². The predicted octanol–water partition coefficient (Wildman–Crippen LogP) is 2.25. The van der Waals surface area contributed by atoms with Gasteiger partial charge in [-0.3, -0.25) is 0 Å². The van der Waals surface area contributed by atoms with Crippen LogP contribution in [0, 0.1) is 6.92 Å². The van der Waals surface area contributed by atoms with Crippen LogP contribution >= 0.6 is 11.8 Å². The summed E-state index contributed by atoms with van der Waals surface area (Å²) in [5.74, 6) is 1.04. The van der Waals surface area contributed by atoms with Crippen LogP contribution in [0.3, 0.4) is 0 Å². The van der Waals surface area contributed by atoms with Gasteiger partial charge in [0.15, 0.2) is 0 Å². The van der Waals surface area contributed by atoms with Crippen molar-refractivity contribution in [1.82, 2.24) is 4.98 Å². The third-order valence-electron chi connectivity index (χ3n) is 1.63. The Kier molecular flexibility index (Phi) is 1.53. The number of anilines is 1. The van der Waals surface area contributed by atoms with Crippen molar-refractivity contribution in [2.24, 2.45) is 0 Å². The van der Waals surface area contributed by atoms with Gasteiger partial charge in [0.05, 0.1) is 10.3 Å². The molecule has 1 atom stereocenters. The highest BCUT2D eigenvalue weighted by Crippen LogP contribution is 2.36. The van der Waals surface area contributed by atoms with Gasteiger partial charge in [0.2, 0.25) is 0 Å². The van der Waals surface area contributed by atoms with Gasteiger partial charge in [-0.05, 0) is 25.5 Å². The van der Waals surface area contributed by atoms with Crippen molar-refractivity contribution in [2.75, 3.05) is 5.32 Å². The molecule has 0 saturated carbocycles. The molecule has 3 heteroatoms. The highest BCUT2D eigenvalue weighted by atomic mass is 32.2. The number of nitrogens with zero attached hydrogens (tertiary/aromatic N) is 1. The fourth-order valence-corrected chi connectivity index (χ4v) is 2.18. The molecular formula is C8H10N2S. The Labute approximate surface area is 70.4 Å². The van der Waals surface area contributed by atoms with Crippen LogP contribution in [0.2, 0.25) is 0 Å². The third kappa shape index (κ3) is 1.20. The number of hydrogen-bond donors (Lipinski definition) is 1. The molecule has 58 valence electrons. The van der Waals surface area contributed by atoms with Gasteiger partial charge in [0, 0.05) is 6.20 Å². The number of thioether (sulfide) groups is 1. The van der Waals surface area contributed by atoms with Crippen LogP contribution in [0.25, 0.3) is 0 Å². The first-order chi connectivity index (χ1) is 5.25. The number of nitrogens with one attached hydrogen (secondary N) is 1. The maximum absolute atomic E-state index is 4.28. The Balaban J connectivity index is 2.43. The number of fused-ring (bicyclic) bond motifs is 1. The minimum absolute atomic E-state index is 0.472. The summed E-state index contributed by atoms with van der Waals surface area (Å²) in [6.45, 7) is 4.21. The molecule has 0 aliphatic carbocycles. The van der Waals surface area contributed by atoms with Crippen molar-refractivity contribution >= 4 is 17.6 Å². The van der Waals surface area contributed by atoms with E-state index >= 15 is 0 Å². The Morgan fingerprint density at radius 3 is 3.27 bits per heavy atom. The number of hydrogen-bond acceptors (Lipinski definition) is 3. The largest absolute Gasteiger partial charge is 0.357 e. The maximum atomic E-state index is 4.28. The van der Waals surface area contributed by atoms with Crippen molar-refractivity contribution in [2.45, 2.75) is 24.1 Å². The molecule has 0 radical (unpaired) electrons. The molecule has 2 rings (SSSR count). The van der Waals surface area contributed by atoms with Crippen molar-refractivity contribution in [3.63, 3.8) is 0 Å². The van der Waals surface area contributed by atoms with Crippen LogP contribution in [-0.4, -0.2) is 10.4 Å². The fourth-order valence-electron chi connectivity index (χ4n) is 1.15. The summed E-state index contributed by atoms with van der Waals surface area (Å²) in [5.41, 5.74) is 1.23. The van der Waals surface area contributed by atoms with Gasteiger partial charge < -0.3 is 5.32 Å². The molecule has 1 N–H and O–H groups in total.